The number of carbonyl (C=O) groups excluding carboxylic acids is 2. The standard InChI is InChI=1S/C57H106O15/c1-3-5-7-9-11-13-15-17-19-21-22-24-26-28-30-32-34-36-38-40-49(60)70-45(42-67-48(59)39-37-35-33-31-29-27-25-23-20-18-16-14-12-10-8-6-4-2)43-68-56-55(66)53(64)51(62)47(72-56)44-69-57-54(65)52(63)50(61)46(41-58)71-57/h18,20,45-47,50-58,61-66H,3-17,19,21-44H2,1-2H3/b20-18+/t45-,46+,47+,50-,51-,52?,53?,54?,55?,56+,57+/m1/s1. The lowest BCUT2D eigenvalue weighted by Crippen LogP contribution is -2.61. The highest BCUT2D eigenvalue weighted by Crippen LogP contribution is 2.27. The number of aliphatic hydroxyl groups is 7. The number of ether oxygens (including phenoxy) is 6. The van der Waals surface area contributed by atoms with Gasteiger partial charge in [0.1, 0.15) is 55.4 Å². The fourth-order valence-electron chi connectivity index (χ4n) is 9.45. The van der Waals surface area contributed by atoms with Crippen molar-refractivity contribution in [2.45, 2.75) is 313 Å². The molecule has 4 unspecified atom stereocenters. The van der Waals surface area contributed by atoms with Crippen molar-refractivity contribution in [1.82, 2.24) is 0 Å². The first-order valence-electron chi connectivity index (χ1n) is 29.3. The summed E-state index contributed by atoms with van der Waals surface area (Å²) in [7, 11) is 0. The molecule has 2 heterocycles. The quantitative estimate of drug-likeness (QED) is 0.0171. The van der Waals surface area contributed by atoms with Gasteiger partial charge in [-0.05, 0) is 38.5 Å². The van der Waals surface area contributed by atoms with Crippen molar-refractivity contribution in [3.8, 4) is 0 Å². The molecule has 0 spiro atoms. The summed E-state index contributed by atoms with van der Waals surface area (Å²) in [6, 6.07) is 0. The minimum absolute atomic E-state index is 0.171. The van der Waals surface area contributed by atoms with E-state index in [0.29, 0.717) is 12.8 Å². The topological polar surface area (TPSA) is 231 Å². The number of aliphatic hydroxyl groups excluding tert-OH is 7. The van der Waals surface area contributed by atoms with E-state index in [-0.39, 0.29) is 26.1 Å². The van der Waals surface area contributed by atoms with Gasteiger partial charge in [0.25, 0.3) is 0 Å². The SMILES string of the molecule is CCCCCCCC/C=C/CCCCCCCCCC(=O)OC[C@H](CO[C@H]1O[C@@H](CO[C@H]2O[C@@H](CO)[C@@H](O)C(O)C2O)[C@@H](O)C(O)C1O)OC(=O)CCCCCCCCCCCCCCCCCCCCC. The van der Waals surface area contributed by atoms with Gasteiger partial charge in [-0.3, -0.25) is 9.59 Å². The minimum atomic E-state index is -1.76. The summed E-state index contributed by atoms with van der Waals surface area (Å²) in [6.45, 7) is 2.64. The maximum atomic E-state index is 13.1. The Morgan fingerprint density at radius 3 is 1.22 bits per heavy atom. The van der Waals surface area contributed by atoms with Crippen LogP contribution in [0.1, 0.15) is 245 Å². The molecule has 2 rings (SSSR count). The van der Waals surface area contributed by atoms with Gasteiger partial charge in [0.2, 0.25) is 0 Å². The van der Waals surface area contributed by atoms with E-state index in [1.165, 1.54) is 161 Å². The molecule has 0 saturated carbocycles. The van der Waals surface area contributed by atoms with Gasteiger partial charge < -0.3 is 64.2 Å². The highest BCUT2D eigenvalue weighted by Gasteiger charge is 2.47. The summed E-state index contributed by atoms with van der Waals surface area (Å²) in [5, 5.41) is 72.3. The molecular weight excluding hydrogens is 925 g/mol. The monoisotopic (exact) mass is 1030 g/mol. The second-order valence-corrected chi connectivity index (χ2v) is 20.8. The van der Waals surface area contributed by atoms with E-state index in [1.807, 2.05) is 0 Å². The zero-order valence-electron chi connectivity index (χ0n) is 45.2. The van der Waals surface area contributed by atoms with Gasteiger partial charge in [0.15, 0.2) is 18.7 Å². The van der Waals surface area contributed by atoms with Crippen LogP contribution in [0.3, 0.4) is 0 Å². The molecule has 0 radical (unpaired) electrons. The fraction of sp³-hybridized carbons (Fsp3) is 0.930. The van der Waals surface area contributed by atoms with Gasteiger partial charge in [0, 0.05) is 12.8 Å². The summed E-state index contributed by atoms with van der Waals surface area (Å²) >= 11 is 0. The predicted molar refractivity (Wildman–Crippen MR) is 280 cm³/mol. The molecule has 2 fully saturated rings. The zero-order chi connectivity index (χ0) is 52.4. The lowest BCUT2D eigenvalue weighted by atomic mass is 9.98. The Hall–Kier alpha value is -1.76. The highest BCUT2D eigenvalue weighted by molar-refractivity contribution is 5.70. The van der Waals surface area contributed by atoms with E-state index >= 15 is 0 Å². The molecule has 0 aliphatic carbocycles. The number of unbranched alkanes of at least 4 members (excludes halogenated alkanes) is 31. The first-order chi connectivity index (χ1) is 35.0. The Morgan fingerprint density at radius 2 is 0.792 bits per heavy atom. The Balaban J connectivity index is 1.75. The van der Waals surface area contributed by atoms with Gasteiger partial charge in [-0.15, -0.1) is 0 Å². The molecule has 15 heteroatoms. The van der Waals surface area contributed by atoms with E-state index in [4.69, 9.17) is 28.4 Å². The van der Waals surface area contributed by atoms with Crippen molar-refractivity contribution in [3.63, 3.8) is 0 Å². The first kappa shape index (κ1) is 66.4. The lowest BCUT2D eigenvalue weighted by Gasteiger charge is -2.42. The molecule has 15 nitrogen and oxygen atoms in total. The van der Waals surface area contributed by atoms with Crippen molar-refractivity contribution in [3.05, 3.63) is 12.2 Å². The molecule has 0 aromatic rings. The molecule has 11 atom stereocenters. The molecule has 0 amide bonds. The van der Waals surface area contributed by atoms with Gasteiger partial charge >= 0.3 is 11.9 Å². The Morgan fingerprint density at radius 1 is 0.431 bits per heavy atom. The van der Waals surface area contributed by atoms with E-state index in [9.17, 15) is 45.3 Å². The number of esters is 2. The van der Waals surface area contributed by atoms with Gasteiger partial charge in [0.05, 0.1) is 19.8 Å². The molecule has 2 aliphatic heterocycles. The first-order valence-corrected chi connectivity index (χ1v) is 29.3. The molecule has 0 aromatic carbocycles. The van der Waals surface area contributed by atoms with Crippen LogP contribution in [-0.2, 0) is 38.0 Å². The van der Waals surface area contributed by atoms with Gasteiger partial charge in [-0.1, -0.05) is 206 Å². The maximum Gasteiger partial charge on any atom is 0.306 e. The minimum Gasteiger partial charge on any atom is -0.462 e. The van der Waals surface area contributed by atoms with Crippen molar-refractivity contribution in [2.75, 3.05) is 26.4 Å². The molecule has 2 aliphatic rings. The predicted octanol–water partition coefficient (Wildman–Crippen LogP) is 9.72. The van der Waals surface area contributed by atoms with Crippen LogP contribution in [0.4, 0.5) is 0 Å². The average molecular weight is 1030 g/mol. The van der Waals surface area contributed by atoms with Crippen LogP contribution in [0.2, 0.25) is 0 Å². The largest absolute Gasteiger partial charge is 0.462 e. The third-order valence-electron chi connectivity index (χ3n) is 14.2. The summed E-state index contributed by atoms with van der Waals surface area (Å²) in [5.74, 6) is -0.914. The molecule has 2 saturated heterocycles. The van der Waals surface area contributed by atoms with E-state index in [1.54, 1.807) is 0 Å². The third-order valence-corrected chi connectivity index (χ3v) is 14.2. The number of hydrogen-bond donors (Lipinski definition) is 7. The number of allylic oxidation sites excluding steroid dienone is 2. The molecular formula is C57H106O15. The molecule has 0 aromatic heterocycles. The Bertz CT molecular complexity index is 1300. The second-order valence-electron chi connectivity index (χ2n) is 20.8. The second kappa shape index (κ2) is 44.4. The normalized spacial score (nSPS) is 25.0. The van der Waals surface area contributed by atoms with Crippen LogP contribution in [-0.4, -0.2) is 142 Å². The van der Waals surface area contributed by atoms with Crippen LogP contribution in [0.15, 0.2) is 12.2 Å². The summed E-state index contributed by atoms with van der Waals surface area (Å²) in [6.07, 6.45) is 29.4. The molecule has 424 valence electrons. The molecule has 0 bridgehead atoms. The Labute approximate surface area is 435 Å². The highest BCUT2D eigenvalue weighted by atomic mass is 16.7. The van der Waals surface area contributed by atoms with Crippen LogP contribution < -0.4 is 0 Å². The van der Waals surface area contributed by atoms with Crippen LogP contribution in [0.5, 0.6) is 0 Å². The maximum absolute atomic E-state index is 13.1. The summed E-state index contributed by atoms with van der Waals surface area (Å²) < 4.78 is 33.7. The van der Waals surface area contributed by atoms with Crippen molar-refractivity contribution >= 4 is 11.9 Å². The van der Waals surface area contributed by atoms with Crippen LogP contribution >= 0.6 is 0 Å². The van der Waals surface area contributed by atoms with Crippen LogP contribution in [0.25, 0.3) is 0 Å². The van der Waals surface area contributed by atoms with Crippen molar-refractivity contribution < 1.29 is 73.8 Å². The number of hydrogen-bond acceptors (Lipinski definition) is 15. The third kappa shape index (κ3) is 31.3. The molecule has 7 N–H and O–H groups in total. The van der Waals surface area contributed by atoms with E-state index in [2.05, 4.69) is 26.0 Å². The summed E-state index contributed by atoms with van der Waals surface area (Å²) in [5.41, 5.74) is 0. The van der Waals surface area contributed by atoms with Crippen molar-refractivity contribution in [1.29, 1.82) is 0 Å². The van der Waals surface area contributed by atoms with E-state index < -0.39 is 92.7 Å². The van der Waals surface area contributed by atoms with Crippen molar-refractivity contribution in [2.24, 2.45) is 0 Å². The average Bonchev–Trinajstić information content (AvgIpc) is 3.37. The van der Waals surface area contributed by atoms with Crippen LogP contribution in [0, 0.1) is 0 Å². The fourth-order valence-corrected chi connectivity index (χ4v) is 9.45. The molecule has 72 heavy (non-hydrogen) atoms. The number of rotatable bonds is 47. The van der Waals surface area contributed by atoms with Gasteiger partial charge in [-0.2, -0.15) is 0 Å². The van der Waals surface area contributed by atoms with Gasteiger partial charge in [-0.25, -0.2) is 0 Å². The van der Waals surface area contributed by atoms with E-state index in [0.717, 1.165) is 44.9 Å². The zero-order valence-corrected chi connectivity index (χ0v) is 45.2. The summed E-state index contributed by atoms with van der Waals surface area (Å²) in [4.78, 5) is 25.9. The smallest absolute Gasteiger partial charge is 0.306 e. The Kier molecular flexibility index (Phi) is 40.9. The number of carbonyl (C=O) groups is 2. The lowest BCUT2D eigenvalue weighted by molar-refractivity contribution is -0.332.